The summed E-state index contributed by atoms with van der Waals surface area (Å²) in [6.07, 6.45) is 0.773. The maximum absolute atomic E-state index is 13.1. The molecular weight excluding hydrogens is 466 g/mol. The van der Waals surface area contributed by atoms with Crippen LogP contribution in [0.5, 0.6) is 17.2 Å². The maximum Gasteiger partial charge on any atom is 0.263 e. The van der Waals surface area contributed by atoms with Crippen molar-refractivity contribution in [2.45, 2.75) is 24.8 Å². The third-order valence-corrected chi connectivity index (χ3v) is 7.23. The minimum Gasteiger partial charge on any atom is -0.493 e. The van der Waals surface area contributed by atoms with E-state index in [-0.39, 0.29) is 17.3 Å². The molecule has 0 spiro atoms. The number of benzene rings is 2. The largest absolute Gasteiger partial charge is 0.493 e. The fraction of sp³-hybridized carbons (Fsp3) is 0.261. The van der Waals surface area contributed by atoms with Gasteiger partial charge in [-0.05, 0) is 54.8 Å². The first kappa shape index (κ1) is 23.0. The number of sulfonamides is 1. The molecule has 1 aromatic heterocycles. The molecule has 0 fully saturated rings. The Labute approximate surface area is 197 Å². The van der Waals surface area contributed by atoms with E-state index in [9.17, 15) is 8.42 Å². The Morgan fingerprint density at radius 3 is 2.64 bits per heavy atom. The highest BCUT2D eigenvalue weighted by Crippen LogP contribution is 2.34. The summed E-state index contributed by atoms with van der Waals surface area (Å²) in [5, 5.41) is 3.53. The number of halogens is 1. The van der Waals surface area contributed by atoms with Crippen molar-refractivity contribution >= 4 is 33.3 Å². The van der Waals surface area contributed by atoms with Gasteiger partial charge in [0.1, 0.15) is 12.4 Å². The van der Waals surface area contributed by atoms with Crippen LogP contribution in [-0.2, 0) is 23.1 Å². The number of anilines is 2. The predicted octanol–water partition coefficient (Wildman–Crippen LogP) is 4.41. The molecule has 0 bridgehead atoms. The molecule has 174 valence electrons. The van der Waals surface area contributed by atoms with Gasteiger partial charge in [-0.3, -0.25) is 4.72 Å². The van der Waals surface area contributed by atoms with Crippen molar-refractivity contribution < 1.29 is 22.6 Å². The van der Waals surface area contributed by atoms with Crippen molar-refractivity contribution in [3.05, 3.63) is 64.2 Å². The van der Waals surface area contributed by atoms with Gasteiger partial charge in [0.2, 0.25) is 0 Å². The van der Waals surface area contributed by atoms with Crippen LogP contribution in [-0.4, -0.2) is 34.2 Å². The lowest BCUT2D eigenvalue weighted by Gasteiger charge is -2.16. The molecule has 0 aliphatic carbocycles. The molecule has 33 heavy (non-hydrogen) atoms. The van der Waals surface area contributed by atoms with Crippen LogP contribution < -0.4 is 24.2 Å². The Morgan fingerprint density at radius 1 is 1.09 bits per heavy atom. The van der Waals surface area contributed by atoms with Gasteiger partial charge < -0.3 is 19.5 Å². The van der Waals surface area contributed by atoms with Crippen molar-refractivity contribution in [3.8, 4) is 17.2 Å². The lowest BCUT2D eigenvalue weighted by Crippen LogP contribution is -2.16. The first-order valence-corrected chi connectivity index (χ1v) is 12.1. The van der Waals surface area contributed by atoms with Crippen LogP contribution >= 0.6 is 11.6 Å². The summed E-state index contributed by atoms with van der Waals surface area (Å²) in [5.74, 6) is 2.25. The summed E-state index contributed by atoms with van der Waals surface area (Å²) in [5.41, 5.74) is 2.24. The molecule has 1 aliphatic rings. The van der Waals surface area contributed by atoms with Gasteiger partial charge >= 0.3 is 0 Å². The van der Waals surface area contributed by atoms with Crippen LogP contribution in [0.2, 0.25) is 5.02 Å². The average Bonchev–Trinajstić information content (AvgIpc) is 3.25. The molecule has 0 unspecified atom stereocenters. The molecule has 10 heteroatoms. The highest BCUT2D eigenvalue weighted by atomic mass is 35.5. The van der Waals surface area contributed by atoms with Gasteiger partial charge in [-0.25, -0.2) is 13.4 Å². The van der Waals surface area contributed by atoms with Crippen LogP contribution in [0, 0.1) is 6.92 Å². The lowest BCUT2D eigenvalue weighted by molar-refractivity contribution is 0.304. The molecule has 1 aliphatic heterocycles. The molecule has 0 amide bonds. The predicted molar refractivity (Wildman–Crippen MR) is 127 cm³/mol. The van der Waals surface area contributed by atoms with E-state index in [0.717, 1.165) is 24.1 Å². The zero-order valence-corrected chi connectivity index (χ0v) is 20.0. The second kappa shape index (κ2) is 9.36. The van der Waals surface area contributed by atoms with Gasteiger partial charge in [0.05, 0.1) is 19.1 Å². The monoisotopic (exact) mass is 489 g/mol. The summed E-state index contributed by atoms with van der Waals surface area (Å²) in [6, 6.07) is 12.0. The smallest absolute Gasteiger partial charge is 0.263 e. The number of rotatable bonds is 8. The topological polar surface area (TPSA) is 98.8 Å². The van der Waals surface area contributed by atoms with E-state index in [1.54, 1.807) is 45.4 Å². The minimum atomic E-state index is -3.95. The van der Waals surface area contributed by atoms with E-state index < -0.39 is 10.0 Å². The quantitative estimate of drug-likeness (QED) is 0.483. The van der Waals surface area contributed by atoms with Gasteiger partial charge in [-0.1, -0.05) is 23.7 Å². The van der Waals surface area contributed by atoms with Crippen LogP contribution in [0.1, 0.15) is 16.7 Å². The number of ether oxygens (including phenoxy) is 3. The Kier molecular flexibility index (Phi) is 6.53. The van der Waals surface area contributed by atoms with Crippen molar-refractivity contribution in [2.75, 3.05) is 30.8 Å². The summed E-state index contributed by atoms with van der Waals surface area (Å²) in [6.45, 7) is 2.56. The summed E-state index contributed by atoms with van der Waals surface area (Å²) < 4.78 is 45.5. The van der Waals surface area contributed by atoms with Crippen LogP contribution in [0.25, 0.3) is 0 Å². The Balaban J connectivity index is 1.65. The molecule has 0 atom stereocenters. The standard InChI is InChI=1S/C23H24ClN3O5S/c1-14-17(24)5-4-6-21(14)33(28,29)27-23-20(12-16-9-10-25-22(16)26-23)32-13-15-7-8-18(30-2)19(11-15)31-3/h4-8,11-12H,9-10,13H2,1-3H3,(H2,25,26,27). The van der Waals surface area contributed by atoms with Gasteiger partial charge in [0.25, 0.3) is 10.0 Å². The van der Waals surface area contributed by atoms with Gasteiger partial charge in [-0.15, -0.1) is 0 Å². The third-order valence-electron chi connectivity index (χ3n) is 5.33. The first-order valence-electron chi connectivity index (χ1n) is 10.2. The number of pyridine rings is 1. The molecule has 0 saturated heterocycles. The van der Waals surface area contributed by atoms with E-state index in [0.29, 0.717) is 33.7 Å². The van der Waals surface area contributed by atoms with Gasteiger partial charge in [0, 0.05) is 17.1 Å². The Hall–Kier alpha value is -3.17. The Bertz CT molecular complexity index is 1300. The highest BCUT2D eigenvalue weighted by Gasteiger charge is 2.24. The molecule has 2 heterocycles. The van der Waals surface area contributed by atoms with E-state index in [2.05, 4.69) is 15.0 Å². The number of aromatic nitrogens is 1. The SMILES string of the molecule is COc1ccc(COc2cc3c(nc2NS(=O)(=O)c2cccc(Cl)c2C)NCC3)cc1OC. The molecule has 0 radical (unpaired) electrons. The van der Waals surface area contributed by atoms with E-state index >= 15 is 0 Å². The second-order valence-corrected chi connectivity index (χ2v) is 9.52. The molecular formula is C23H24ClN3O5S. The molecule has 3 aromatic rings. The summed E-state index contributed by atoms with van der Waals surface area (Å²) in [7, 11) is -0.822. The van der Waals surface area contributed by atoms with Crippen LogP contribution in [0.15, 0.2) is 47.4 Å². The van der Waals surface area contributed by atoms with Gasteiger partial charge in [-0.2, -0.15) is 0 Å². The number of hydrogen-bond acceptors (Lipinski definition) is 7. The molecule has 2 N–H and O–H groups in total. The lowest BCUT2D eigenvalue weighted by atomic mass is 10.2. The Morgan fingerprint density at radius 2 is 1.88 bits per heavy atom. The number of methoxy groups -OCH3 is 2. The molecule has 4 rings (SSSR count). The summed E-state index contributed by atoms with van der Waals surface area (Å²) in [4.78, 5) is 4.57. The zero-order valence-electron chi connectivity index (χ0n) is 18.4. The normalized spacial score (nSPS) is 12.6. The summed E-state index contributed by atoms with van der Waals surface area (Å²) >= 11 is 6.13. The molecule has 8 nitrogen and oxygen atoms in total. The van der Waals surface area contributed by atoms with Crippen molar-refractivity contribution in [3.63, 3.8) is 0 Å². The first-order chi connectivity index (χ1) is 15.8. The van der Waals surface area contributed by atoms with E-state index in [1.807, 2.05) is 12.1 Å². The van der Waals surface area contributed by atoms with E-state index in [1.165, 1.54) is 6.07 Å². The number of fused-ring (bicyclic) bond motifs is 1. The van der Waals surface area contributed by atoms with Crippen LogP contribution in [0.4, 0.5) is 11.6 Å². The van der Waals surface area contributed by atoms with E-state index in [4.69, 9.17) is 25.8 Å². The van der Waals surface area contributed by atoms with Crippen LogP contribution in [0.3, 0.4) is 0 Å². The third kappa shape index (κ3) is 4.79. The number of hydrogen-bond donors (Lipinski definition) is 2. The highest BCUT2D eigenvalue weighted by molar-refractivity contribution is 7.92. The van der Waals surface area contributed by atoms with Crippen molar-refractivity contribution in [2.24, 2.45) is 0 Å². The second-order valence-electron chi connectivity index (χ2n) is 7.47. The molecule has 2 aromatic carbocycles. The fourth-order valence-electron chi connectivity index (χ4n) is 3.57. The molecule has 0 saturated carbocycles. The zero-order chi connectivity index (χ0) is 23.6. The average molecular weight is 490 g/mol. The van der Waals surface area contributed by atoms with Gasteiger partial charge in [0.15, 0.2) is 23.1 Å². The fourth-order valence-corrected chi connectivity index (χ4v) is 5.08. The minimum absolute atomic E-state index is 0.0797. The van der Waals surface area contributed by atoms with Crippen molar-refractivity contribution in [1.29, 1.82) is 0 Å². The number of nitrogens with zero attached hydrogens (tertiary/aromatic N) is 1. The number of nitrogens with one attached hydrogen (secondary N) is 2. The maximum atomic E-state index is 13.1. The van der Waals surface area contributed by atoms with Crippen molar-refractivity contribution in [1.82, 2.24) is 4.98 Å².